The lowest BCUT2D eigenvalue weighted by atomic mass is 9.99. The molecule has 0 unspecified atom stereocenters. The third-order valence-electron chi connectivity index (χ3n) is 5.24. The summed E-state index contributed by atoms with van der Waals surface area (Å²) in [6.07, 6.45) is 5.85. The number of rotatable bonds is 5. The zero-order valence-electron chi connectivity index (χ0n) is 15.2. The van der Waals surface area contributed by atoms with E-state index in [1.54, 1.807) is 0 Å². The molecule has 2 aliphatic rings. The summed E-state index contributed by atoms with van der Waals surface area (Å²) in [5.74, 6) is 0.143. The Morgan fingerprint density at radius 2 is 1.71 bits per heavy atom. The summed E-state index contributed by atoms with van der Waals surface area (Å²) >= 11 is 0. The molecule has 0 atom stereocenters. The summed E-state index contributed by atoms with van der Waals surface area (Å²) in [7, 11) is -3.63. The molecule has 0 aliphatic heterocycles. The third kappa shape index (κ3) is 3.59. The average Bonchev–Trinajstić information content (AvgIpc) is 3.30. The van der Waals surface area contributed by atoms with Gasteiger partial charge in [-0.1, -0.05) is 12.1 Å². The van der Waals surface area contributed by atoms with Crippen LogP contribution in [0.4, 0.5) is 10.5 Å². The first-order valence-corrected chi connectivity index (χ1v) is 10.7. The standard InChI is InChI=1S/C19H20BN2O5S/c23-19(22-28(25,26)15-7-3-6-14(11-15)27-20-24)21-18-16-8-1-4-12(16)10-13-5-2-9-17(13)18/h3,6-7,10-11,24H,1-2,4-5,8-9H2,(H2,21,22,23). The molecule has 2 aromatic rings. The van der Waals surface area contributed by atoms with Crippen LogP contribution in [0.25, 0.3) is 0 Å². The van der Waals surface area contributed by atoms with Crippen LogP contribution < -0.4 is 14.7 Å². The molecule has 0 bridgehead atoms. The number of sulfonamides is 1. The molecule has 9 heteroatoms. The van der Waals surface area contributed by atoms with Gasteiger partial charge in [0.25, 0.3) is 10.0 Å². The Balaban J connectivity index is 1.56. The van der Waals surface area contributed by atoms with Gasteiger partial charge < -0.3 is 15.0 Å². The molecule has 2 aliphatic carbocycles. The van der Waals surface area contributed by atoms with Gasteiger partial charge in [-0.2, -0.15) is 0 Å². The first kappa shape index (κ1) is 18.8. The number of hydrogen-bond acceptors (Lipinski definition) is 5. The van der Waals surface area contributed by atoms with Gasteiger partial charge >= 0.3 is 13.7 Å². The molecule has 145 valence electrons. The van der Waals surface area contributed by atoms with Gasteiger partial charge in [0.15, 0.2) is 0 Å². The highest BCUT2D eigenvalue weighted by atomic mass is 32.2. The first-order chi connectivity index (χ1) is 13.5. The smallest absolute Gasteiger partial charge is 0.537 e. The van der Waals surface area contributed by atoms with Crippen LogP contribution >= 0.6 is 0 Å². The van der Waals surface area contributed by atoms with E-state index in [-0.39, 0.29) is 10.6 Å². The van der Waals surface area contributed by atoms with Crippen molar-refractivity contribution >= 4 is 29.4 Å². The van der Waals surface area contributed by atoms with E-state index in [0.29, 0.717) is 7.69 Å². The van der Waals surface area contributed by atoms with Crippen molar-refractivity contribution in [1.82, 2.24) is 4.72 Å². The SMILES string of the molecule is O=C(Nc1c2c(cc3c1CCC3)CCC2)NS(=O)(=O)c1cccc(O[B]O)c1. The summed E-state index contributed by atoms with van der Waals surface area (Å²) in [5.41, 5.74) is 5.54. The predicted molar refractivity (Wildman–Crippen MR) is 105 cm³/mol. The van der Waals surface area contributed by atoms with Gasteiger partial charge in [0.2, 0.25) is 0 Å². The zero-order valence-corrected chi connectivity index (χ0v) is 16.0. The molecule has 0 fully saturated rings. The van der Waals surface area contributed by atoms with Crippen molar-refractivity contribution in [3.05, 3.63) is 52.6 Å². The molecule has 2 aromatic carbocycles. The molecule has 2 amide bonds. The number of carbonyl (C=O) groups excluding carboxylic acids is 1. The molecule has 0 heterocycles. The molecule has 28 heavy (non-hydrogen) atoms. The van der Waals surface area contributed by atoms with Crippen molar-refractivity contribution in [3.63, 3.8) is 0 Å². The minimum absolute atomic E-state index is 0.134. The summed E-state index contributed by atoms with van der Waals surface area (Å²) in [6, 6.07) is 6.98. The van der Waals surface area contributed by atoms with E-state index in [1.807, 2.05) is 0 Å². The Morgan fingerprint density at radius 3 is 2.36 bits per heavy atom. The van der Waals surface area contributed by atoms with Crippen LogP contribution in [-0.4, -0.2) is 27.2 Å². The Bertz CT molecular complexity index is 1010. The Hall–Kier alpha value is -2.52. The summed E-state index contributed by atoms with van der Waals surface area (Å²) in [6.45, 7) is 0. The van der Waals surface area contributed by atoms with E-state index in [2.05, 4.69) is 16.1 Å². The minimum atomic E-state index is -4.09. The topological polar surface area (TPSA) is 105 Å². The van der Waals surface area contributed by atoms with Crippen LogP contribution in [0.5, 0.6) is 5.75 Å². The Morgan fingerprint density at radius 1 is 1.04 bits per heavy atom. The normalized spacial score (nSPS) is 14.9. The maximum absolute atomic E-state index is 12.6. The van der Waals surface area contributed by atoms with Crippen LogP contribution in [0.2, 0.25) is 0 Å². The second kappa shape index (κ2) is 7.48. The number of nitrogens with one attached hydrogen (secondary N) is 2. The quantitative estimate of drug-likeness (QED) is 0.668. The third-order valence-corrected chi connectivity index (χ3v) is 6.57. The number of fused-ring (bicyclic) bond motifs is 2. The van der Waals surface area contributed by atoms with E-state index in [0.717, 1.165) is 55.3 Å². The maximum atomic E-state index is 12.6. The lowest BCUT2D eigenvalue weighted by Crippen LogP contribution is -2.35. The highest BCUT2D eigenvalue weighted by molar-refractivity contribution is 7.90. The number of amides is 2. The molecule has 3 N–H and O–H groups in total. The van der Waals surface area contributed by atoms with Gasteiger partial charge in [-0.25, -0.2) is 17.9 Å². The second-order valence-electron chi connectivity index (χ2n) is 6.99. The fourth-order valence-corrected chi connectivity index (χ4v) is 5.00. The molecular weight excluding hydrogens is 379 g/mol. The second-order valence-corrected chi connectivity index (χ2v) is 8.67. The van der Waals surface area contributed by atoms with Crippen LogP contribution in [0, 0.1) is 0 Å². The number of urea groups is 1. The number of aryl methyl sites for hydroxylation is 2. The average molecular weight is 399 g/mol. The van der Waals surface area contributed by atoms with E-state index >= 15 is 0 Å². The molecule has 7 nitrogen and oxygen atoms in total. The molecule has 0 aromatic heterocycles. The van der Waals surface area contributed by atoms with Crippen molar-refractivity contribution < 1.29 is 22.9 Å². The lowest BCUT2D eigenvalue weighted by molar-refractivity contribution is 0.256. The van der Waals surface area contributed by atoms with Crippen LogP contribution in [0.15, 0.2) is 35.2 Å². The van der Waals surface area contributed by atoms with Gasteiger partial charge in [-0.3, -0.25) is 0 Å². The minimum Gasteiger partial charge on any atom is -0.537 e. The van der Waals surface area contributed by atoms with Crippen molar-refractivity contribution in [2.75, 3.05) is 5.32 Å². The van der Waals surface area contributed by atoms with Gasteiger partial charge in [0.1, 0.15) is 5.75 Å². The van der Waals surface area contributed by atoms with Crippen LogP contribution in [0.1, 0.15) is 35.1 Å². The number of hydrogen-bond donors (Lipinski definition) is 3. The fourth-order valence-electron chi connectivity index (χ4n) is 4.06. The van der Waals surface area contributed by atoms with Crippen molar-refractivity contribution in [2.45, 2.75) is 43.4 Å². The molecular formula is C19H20BN2O5S. The Kier molecular flexibility index (Phi) is 5.03. The fraction of sp³-hybridized carbons (Fsp3) is 0.316. The van der Waals surface area contributed by atoms with Crippen LogP contribution in [0.3, 0.4) is 0 Å². The Labute approximate surface area is 164 Å². The molecule has 1 radical (unpaired) electrons. The molecule has 0 saturated carbocycles. The van der Waals surface area contributed by atoms with Crippen molar-refractivity contribution in [1.29, 1.82) is 0 Å². The summed E-state index contributed by atoms with van der Waals surface area (Å²) in [5, 5.41) is 11.5. The van der Waals surface area contributed by atoms with E-state index in [1.165, 1.54) is 35.4 Å². The number of anilines is 1. The maximum Gasteiger partial charge on any atom is 0.569 e. The van der Waals surface area contributed by atoms with E-state index in [9.17, 15) is 13.2 Å². The van der Waals surface area contributed by atoms with Gasteiger partial charge in [0.05, 0.1) is 4.90 Å². The largest absolute Gasteiger partial charge is 0.569 e. The first-order valence-electron chi connectivity index (χ1n) is 9.21. The zero-order chi connectivity index (χ0) is 19.7. The monoisotopic (exact) mass is 399 g/mol. The van der Waals surface area contributed by atoms with Gasteiger partial charge in [-0.15, -0.1) is 0 Å². The van der Waals surface area contributed by atoms with Crippen LogP contribution in [-0.2, 0) is 35.7 Å². The lowest BCUT2D eigenvalue weighted by Gasteiger charge is -2.16. The molecule has 0 saturated heterocycles. The number of benzene rings is 2. The summed E-state index contributed by atoms with van der Waals surface area (Å²) < 4.78 is 32.0. The summed E-state index contributed by atoms with van der Waals surface area (Å²) in [4.78, 5) is 12.4. The van der Waals surface area contributed by atoms with E-state index in [4.69, 9.17) is 9.68 Å². The van der Waals surface area contributed by atoms with Crippen molar-refractivity contribution in [3.8, 4) is 5.75 Å². The van der Waals surface area contributed by atoms with Gasteiger partial charge in [-0.05, 0) is 79.0 Å². The number of carbonyl (C=O) groups is 1. The molecule has 4 rings (SSSR count). The molecule has 0 spiro atoms. The highest BCUT2D eigenvalue weighted by Crippen LogP contribution is 2.38. The highest BCUT2D eigenvalue weighted by Gasteiger charge is 2.26. The predicted octanol–water partition coefficient (Wildman–Crippen LogP) is 2.08. The van der Waals surface area contributed by atoms with E-state index < -0.39 is 16.1 Å². The van der Waals surface area contributed by atoms with Crippen molar-refractivity contribution in [2.24, 2.45) is 0 Å². The van der Waals surface area contributed by atoms with Gasteiger partial charge in [0, 0.05) is 5.69 Å².